The summed E-state index contributed by atoms with van der Waals surface area (Å²) in [5, 5.41) is 6.66. The fourth-order valence-electron chi connectivity index (χ4n) is 3.83. The quantitative estimate of drug-likeness (QED) is 0.375. The first-order valence-corrected chi connectivity index (χ1v) is 10.3. The molecule has 1 aromatic heterocycles. The standard InChI is InChI=1S/C23H27N3O3/c1-2-29-23(27)20-16-25-21-18-7-4-3-6-17(18)8-9-19(21)22(20)24-10-5-11-26-12-14-28-15-13-26/h3-4,6-9,16H,2,5,10-15H2,1H3,(H,24,25). The van der Waals surface area contributed by atoms with E-state index in [0.29, 0.717) is 12.2 Å². The largest absolute Gasteiger partial charge is 0.462 e. The Labute approximate surface area is 170 Å². The van der Waals surface area contributed by atoms with Crippen LogP contribution in [0.2, 0.25) is 0 Å². The smallest absolute Gasteiger partial charge is 0.341 e. The molecule has 6 nitrogen and oxygen atoms in total. The number of esters is 1. The normalized spacial score (nSPS) is 14.9. The van der Waals surface area contributed by atoms with Crippen LogP contribution >= 0.6 is 0 Å². The number of hydrogen-bond donors (Lipinski definition) is 1. The minimum absolute atomic E-state index is 0.338. The lowest BCUT2D eigenvalue weighted by atomic mass is 10.0. The van der Waals surface area contributed by atoms with Gasteiger partial charge in [-0.2, -0.15) is 0 Å². The van der Waals surface area contributed by atoms with Gasteiger partial charge >= 0.3 is 5.97 Å². The Balaban J connectivity index is 1.61. The summed E-state index contributed by atoms with van der Waals surface area (Å²) in [7, 11) is 0. The zero-order valence-corrected chi connectivity index (χ0v) is 16.8. The molecule has 0 saturated carbocycles. The maximum absolute atomic E-state index is 12.5. The van der Waals surface area contributed by atoms with Gasteiger partial charge in [-0.1, -0.05) is 36.4 Å². The predicted octanol–water partition coefficient (Wildman–Crippen LogP) is 3.70. The van der Waals surface area contributed by atoms with Crippen LogP contribution in [0, 0.1) is 0 Å². The topological polar surface area (TPSA) is 63.7 Å². The lowest BCUT2D eigenvalue weighted by molar-refractivity contribution is 0.0378. The third kappa shape index (κ3) is 4.33. The number of morpholine rings is 1. The number of nitrogens with zero attached hydrogens (tertiary/aromatic N) is 2. The number of nitrogens with one attached hydrogen (secondary N) is 1. The van der Waals surface area contributed by atoms with E-state index < -0.39 is 0 Å². The fourth-order valence-corrected chi connectivity index (χ4v) is 3.83. The first-order chi connectivity index (χ1) is 14.3. The molecule has 0 amide bonds. The Hall–Kier alpha value is -2.70. The SMILES string of the molecule is CCOC(=O)c1cnc2c(ccc3ccccc32)c1NCCCN1CCOCC1. The van der Waals surface area contributed by atoms with Gasteiger partial charge in [0.25, 0.3) is 0 Å². The second-order valence-corrected chi connectivity index (χ2v) is 7.18. The molecule has 4 rings (SSSR count). The van der Waals surface area contributed by atoms with E-state index in [4.69, 9.17) is 9.47 Å². The Morgan fingerprint density at radius 1 is 1.17 bits per heavy atom. The molecule has 1 N–H and O–H groups in total. The van der Waals surface area contributed by atoms with E-state index in [0.717, 1.165) is 73.2 Å². The van der Waals surface area contributed by atoms with E-state index in [1.165, 1.54) is 0 Å². The number of hydrogen-bond acceptors (Lipinski definition) is 6. The molecular formula is C23H27N3O3. The summed E-state index contributed by atoms with van der Waals surface area (Å²) >= 11 is 0. The van der Waals surface area contributed by atoms with Crippen molar-refractivity contribution >= 4 is 33.3 Å². The van der Waals surface area contributed by atoms with Crippen LogP contribution in [0.1, 0.15) is 23.7 Å². The molecule has 1 aliphatic rings. The number of aromatic nitrogens is 1. The van der Waals surface area contributed by atoms with Crippen molar-refractivity contribution in [2.24, 2.45) is 0 Å². The predicted molar refractivity (Wildman–Crippen MR) is 116 cm³/mol. The van der Waals surface area contributed by atoms with Crippen LogP contribution in [-0.2, 0) is 9.47 Å². The minimum atomic E-state index is -0.342. The lowest BCUT2D eigenvalue weighted by Gasteiger charge is -2.26. The van der Waals surface area contributed by atoms with Crippen molar-refractivity contribution in [3.05, 3.63) is 48.2 Å². The molecule has 1 aliphatic heterocycles. The van der Waals surface area contributed by atoms with Crippen LogP contribution < -0.4 is 5.32 Å². The van der Waals surface area contributed by atoms with E-state index in [2.05, 4.69) is 33.4 Å². The lowest BCUT2D eigenvalue weighted by Crippen LogP contribution is -2.37. The van der Waals surface area contributed by atoms with Gasteiger partial charge < -0.3 is 14.8 Å². The molecule has 0 aliphatic carbocycles. The van der Waals surface area contributed by atoms with Crippen molar-refractivity contribution in [2.75, 3.05) is 51.3 Å². The first-order valence-electron chi connectivity index (χ1n) is 10.3. The number of fused-ring (bicyclic) bond motifs is 3. The number of pyridine rings is 1. The number of rotatable bonds is 7. The average molecular weight is 393 g/mol. The van der Waals surface area contributed by atoms with Gasteiger partial charge in [0.05, 0.1) is 31.0 Å². The third-order valence-corrected chi connectivity index (χ3v) is 5.31. The van der Waals surface area contributed by atoms with Crippen molar-refractivity contribution in [3.63, 3.8) is 0 Å². The van der Waals surface area contributed by atoms with Gasteiger partial charge in [-0.25, -0.2) is 4.79 Å². The highest BCUT2D eigenvalue weighted by Crippen LogP contribution is 2.31. The summed E-state index contributed by atoms with van der Waals surface area (Å²) in [6.45, 7) is 7.52. The molecule has 0 spiro atoms. The Kier molecular flexibility index (Phi) is 6.22. The maximum Gasteiger partial charge on any atom is 0.341 e. The Morgan fingerprint density at radius 2 is 2.00 bits per heavy atom. The van der Waals surface area contributed by atoms with Crippen LogP contribution in [0.4, 0.5) is 5.69 Å². The summed E-state index contributed by atoms with van der Waals surface area (Å²) in [6, 6.07) is 12.3. The summed E-state index contributed by atoms with van der Waals surface area (Å²) < 4.78 is 10.7. The maximum atomic E-state index is 12.5. The minimum Gasteiger partial charge on any atom is -0.462 e. The summed E-state index contributed by atoms with van der Waals surface area (Å²) in [6.07, 6.45) is 2.62. The molecule has 0 atom stereocenters. The number of ether oxygens (including phenoxy) is 2. The Bertz CT molecular complexity index is 999. The van der Waals surface area contributed by atoms with Gasteiger partial charge in [-0.15, -0.1) is 0 Å². The molecule has 0 unspecified atom stereocenters. The van der Waals surface area contributed by atoms with Crippen molar-refractivity contribution in [1.82, 2.24) is 9.88 Å². The highest BCUT2D eigenvalue weighted by molar-refractivity contribution is 6.13. The first kappa shape index (κ1) is 19.6. The van der Waals surface area contributed by atoms with Crippen LogP contribution in [0.3, 0.4) is 0 Å². The van der Waals surface area contributed by atoms with Gasteiger partial charge in [0, 0.05) is 36.6 Å². The number of carbonyl (C=O) groups is 1. The molecule has 2 heterocycles. The molecule has 3 aromatic rings. The van der Waals surface area contributed by atoms with Crippen molar-refractivity contribution in [2.45, 2.75) is 13.3 Å². The monoisotopic (exact) mass is 393 g/mol. The summed E-state index contributed by atoms with van der Waals surface area (Å²) in [5.41, 5.74) is 2.19. The zero-order valence-electron chi connectivity index (χ0n) is 16.8. The van der Waals surface area contributed by atoms with Gasteiger partial charge in [0.1, 0.15) is 5.56 Å². The van der Waals surface area contributed by atoms with Gasteiger partial charge in [0.15, 0.2) is 0 Å². The van der Waals surface area contributed by atoms with Crippen LogP contribution in [-0.4, -0.2) is 61.9 Å². The second-order valence-electron chi connectivity index (χ2n) is 7.18. The molecule has 29 heavy (non-hydrogen) atoms. The molecule has 2 aromatic carbocycles. The second kappa shape index (κ2) is 9.20. The third-order valence-electron chi connectivity index (χ3n) is 5.31. The summed E-state index contributed by atoms with van der Waals surface area (Å²) in [5.74, 6) is -0.342. The van der Waals surface area contributed by atoms with Crippen LogP contribution in [0.25, 0.3) is 21.7 Å². The van der Waals surface area contributed by atoms with E-state index in [1.807, 2.05) is 25.1 Å². The number of benzene rings is 2. The summed E-state index contributed by atoms with van der Waals surface area (Å²) in [4.78, 5) is 19.6. The van der Waals surface area contributed by atoms with Crippen LogP contribution in [0.15, 0.2) is 42.6 Å². The van der Waals surface area contributed by atoms with Crippen LogP contribution in [0.5, 0.6) is 0 Å². The molecular weight excluding hydrogens is 366 g/mol. The van der Waals surface area contributed by atoms with E-state index in [1.54, 1.807) is 6.20 Å². The average Bonchev–Trinajstić information content (AvgIpc) is 2.77. The fraction of sp³-hybridized carbons (Fsp3) is 0.391. The molecule has 152 valence electrons. The molecule has 0 bridgehead atoms. The zero-order chi connectivity index (χ0) is 20.1. The van der Waals surface area contributed by atoms with Crippen molar-refractivity contribution in [1.29, 1.82) is 0 Å². The van der Waals surface area contributed by atoms with E-state index in [-0.39, 0.29) is 5.97 Å². The van der Waals surface area contributed by atoms with Gasteiger partial charge in [-0.3, -0.25) is 9.88 Å². The molecule has 6 heteroatoms. The van der Waals surface area contributed by atoms with Gasteiger partial charge in [0.2, 0.25) is 0 Å². The van der Waals surface area contributed by atoms with Crippen molar-refractivity contribution < 1.29 is 14.3 Å². The van der Waals surface area contributed by atoms with Crippen molar-refractivity contribution in [3.8, 4) is 0 Å². The van der Waals surface area contributed by atoms with Gasteiger partial charge in [-0.05, 0) is 25.3 Å². The Morgan fingerprint density at radius 3 is 2.83 bits per heavy atom. The highest BCUT2D eigenvalue weighted by atomic mass is 16.5. The van der Waals surface area contributed by atoms with E-state index >= 15 is 0 Å². The van der Waals surface area contributed by atoms with E-state index in [9.17, 15) is 4.79 Å². The number of carbonyl (C=O) groups excluding carboxylic acids is 1. The number of anilines is 1. The molecule has 1 saturated heterocycles. The molecule has 1 fully saturated rings. The highest BCUT2D eigenvalue weighted by Gasteiger charge is 2.18. The molecule has 0 radical (unpaired) electrons.